The Hall–Kier alpha value is -2.51. The Labute approximate surface area is 269 Å². The number of carbonyl (C=O) groups excluding carboxylic acids is 2. The van der Waals surface area contributed by atoms with Crippen LogP contribution < -0.4 is 0 Å². The predicted octanol–water partition coefficient (Wildman–Crippen LogP) is 7.76. The summed E-state index contributed by atoms with van der Waals surface area (Å²) in [4.78, 5) is 38.9. The van der Waals surface area contributed by atoms with Gasteiger partial charge in [0.15, 0.2) is 12.1 Å². The molecule has 45 heavy (non-hydrogen) atoms. The molecule has 0 amide bonds. The summed E-state index contributed by atoms with van der Waals surface area (Å²) >= 11 is 0. The third kappa shape index (κ3) is 6.16. The van der Waals surface area contributed by atoms with Gasteiger partial charge in [0, 0.05) is 19.4 Å². The van der Waals surface area contributed by atoms with Crippen LogP contribution in [0.15, 0.2) is 42.0 Å². The van der Waals surface area contributed by atoms with Crippen molar-refractivity contribution in [1.82, 2.24) is 0 Å². The number of allylic oxidation sites excluding steroid dienone is 2. The maximum absolute atomic E-state index is 14.2. The van der Waals surface area contributed by atoms with E-state index in [2.05, 4.69) is 41.5 Å². The van der Waals surface area contributed by atoms with Gasteiger partial charge in [0.25, 0.3) is 0 Å². The smallest absolute Gasteiger partial charge is 0.329 e. The first-order chi connectivity index (χ1) is 21.1. The highest BCUT2D eigenvalue weighted by Gasteiger charge is 2.64. The largest absolute Gasteiger partial charge is 0.480 e. The summed E-state index contributed by atoms with van der Waals surface area (Å²) in [5.74, 6) is -0.520. The van der Waals surface area contributed by atoms with Crippen LogP contribution in [-0.4, -0.2) is 42.8 Å². The van der Waals surface area contributed by atoms with Crippen molar-refractivity contribution in [3.63, 3.8) is 0 Å². The van der Waals surface area contributed by atoms with E-state index in [4.69, 9.17) is 19.3 Å². The summed E-state index contributed by atoms with van der Waals surface area (Å²) in [7, 11) is 1.55. The highest BCUT2D eigenvalue weighted by molar-refractivity contribution is 5.95. The number of carboxylic acids is 1. The summed E-state index contributed by atoms with van der Waals surface area (Å²) in [6.45, 7) is 13.5. The summed E-state index contributed by atoms with van der Waals surface area (Å²) < 4.78 is 16.9. The molecule has 0 bridgehead atoms. The number of hydrogen-bond donors (Lipinski definition) is 1. The molecular weight excluding hydrogens is 568 g/mol. The van der Waals surface area contributed by atoms with Crippen LogP contribution in [0.2, 0.25) is 0 Å². The summed E-state index contributed by atoms with van der Waals surface area (Å²) in [5, 5.41) is 9.08. The molecule has 4 aliphatic carbocycles. The quantitative estimate of drug-likeness (QED) is 0.210. The molecule has 8 atom stereocenters. The molecule has 0 spiro atoms. The Morgan fingerprint density at radius 2 is 1.69 bits per heavy atom. The highest BCUT2D eigenvalue weighted by Crippen LogP contribution is 2.71. The standard InChI is InChI=1S/C38H54O7/c1-34(2,22-32(43-7)44-24-31(40)41)26-13-14-37(5)28(19-26)30(39)20-27-29-21-36(4,16-15-35(29,3)17-18-38(27,37)6)33(42)45-23-25-11-9-8-10-12-25/h8-12,20,26,28-29,32H,13-19,21-24H2,1-7H3,(H,40,41)/t26-,28+,29+,32?,35-,36+,37-,38-/m1/s1. The van der Waals surface area contributed by atoms with Crippen LogP contribution >= 0.6 is 0 Å². The zero-order chi connectivity index (χ0) is 32.8. The first kappa shape index (κ1) is 33.8. The number of ether oxygens (including phenoxy) is 3. The number of rotatable bonds is 10. The molecule has 7 heteroatoms. The van der Waals surface area contributed by atoms with E-state index in [9.17, 15) is 14.4 Å². The molecule has 1 aromatic rings. The fourth-order valence-corrected chi connectivity index (χ4v) is 9.68. The van der Waals surface area contributed by atoms with Gasteiger partial charge in [-0.1, -0.05) is 70.5 Å². The van der Waals surface area contributed by atoms with Crippen molar-refractivity contribution < 1.29 is 33.7 Å². The lowest BCUT2D eigenvalue weighted by atomic mass is 9.38. The maximum Gasteiger partial charge on any atom is 0.329 e. The molecule has 1 N–H and O–H groups in total. The van der Waals surface area contributed by atoms with Crippen LogP contribution in [0, 0.1) is 44.8 Å². The molecule has 1 unspecified atom stereocenters. The fourth-order valence-electron chi connectivity index (χ4n) is 9.68. The van der Waals surface area contributed by atoms with Gasteiger partial charge in [0.2, 0.25) is 0 Å². The molecule has 3 saturated carbocycles. The van der Waals surface area contributed by atoms with Gasteiger partial charge in [0.05, 0.1) is 5.41 Å². The number of methoxy groups -OCH3 is 1. The summed E-state index contributed by atoms with van der Waals surface area (Å²) in [6, 6.07) is 9.84. The highest BCUT2D eigenvalue weighted by atomic mass is 16.7. The van der Waals surface area contributed by atoms with E-state index < -0.39 is 24.3 Å². The third-order valence-corrected chi connectivity index (χ3v) is 13.3. The van der Waals surface area contributed by atoms with E-state index in [1.165, 1.54) is 5.57 Å². The van der Waals surface area contributed by atoms with Gasteiger partial charge in [-0.25, -0.2) is 4.79 Å². The lowest BCUT2D eigenvalue weighted by Crippen LogP contribution is -2.59. The summed E-state index contributed by atoms with van der Waals surface area (Å²) in [5.41, 5.74) is 1.29. The van der Waals surface area contributed by atoms with Crippen molar-refractivity contribution in [2.24, 2.45) is 44.8 Å². The number of carboxylic acid groups (broad SMARTS) is 1. The van der Waals surface area contributed by atoms with E-state index in [-0.39, 0.29) is 57.8 Å². The van der Waals surface area contributed by atoms with E-state index >= 15 is 0 Å². The summed E-state index contributed by atoms with van der Waals surface area (Å²) in [6.07, 6.45) is 9.38. The minimum atomic E-state index is -1.02. The van der Waals surface area contributed by atoms with E-state index in [1.54, 1.807) is 7.11 Å². The number of aliphatic carboxylic acids is 1. The molecule has 0 aliphatic heterocycles. The van der Waals surface area contributed by atoms with Crippen LogP contribution in [-0.2, 0) is 35.2 Å². The number of ketones is 1. The maximum atomic E-state index is 14.2. The number of fused-ring (bicyclic) bond motifs is 5. The van der Waals surface area contributed by atoms with Crippen molar-refractivity contribution in [2.75, 3.05) is 13.7 Å². The van der Waals surface area contributed by atoms with Gasteiger partial charge >= 0.3 is 11.9 Å². The number of esters is 1. The van der Waals surface area contributed by atoms with Gasteiger partial charge in [0.1, 0.15) is 13.2 Å². The Balaban J connectivity index is 1.36. The van der Waals surface area contributed by atoms with Crippen LogP contribution in [0.5, 0.6) is 0 Å². The first-order valence-corrected chi connectivity index (χ1v) is 16.9. The van der Waals surface area contributed by atoms with Crippen LogP contribution in [0.3, 0.4) is 0 Å². The van der Waals surface area contributed by atoms with Gasteiger partial charge < -0.3 is 19.3 Å². The average Bonchev–Trinajstić information content (AvgIpc) is 3.00. The lowest BCUT2D eigenvalue weighted by Gasteiger charge is -2.65. The molecule has 3 fully saturated rings. The van der Waals surface area contributed by atoms with E-state index in [1.807, 2.05) is 36.4 Å². The van der Waals surface area contributed by atoms with E-state index in [0.717, 1.165) is 56.9 Å². The second-order valence-corrected chi connectivity index (χ2v) is 16.4. The molecule has 5 rings (SSSR count). The normalized spacial score (nSPS) is 37.0. The molecule has 0 heterocycles. The number of carbonyl (C=O) groups is 3. The Bertz CT molecular complexity index is 1320. The van der Waals surface area contributed by atoms with Gasteiger partial charge in [-0.3, -0.25) is 9.59 Å². The van der Waals surface area contributed by atoms with Crippen molar-refractivity contribution >= 4 is 17.7 Å². The molecular formula is C38H54O7. The molecule has 0 aromatic heterocycles. The lowest BCUT2D eigenvalue weighted by molar-refractivity contribution is -0.174. The Morgan fingerprint density at radius 1 is 1.00 bits per heavy atom. The molecule has 1 aromatic carbocycles. The molecule has 7 nitrogen and oxygen atoms in total. The molecule has 248 valence electrons. The Morgan fingerprint density at radius 3 is 2.36 bits per heavy atom. The fraction of sp³-hybridized carbons (Fsp3) is 0.711. The minimum absolute atomic E-state index is 0.0678. The minimum Gasteiger partial charge on any atom is -0.480 e. The Kier molecular flexibility index (Phi) is 9.22. The van der Waals surface area contributed by atoms with Crippen molar-refractivity contribution in [1.29, 1.82) is 0 Å². The van der Waals surface area contributed by atoms with Crippen LogP contribution in [0.25, 0.3) is 0 Å². The monoisotopic (exact) mass is 622 g/mol. The van der Waals surface area contributed by atoms with Crippen molar-refractivity contribution in [3.05, 3.63) is 47.5 Å². The molecule has 0 radical (unpaired) electrons. The van der Waals surface area contributed by atoms with Crippen molar-refractivity contribution in [3.8, 4) is 0 Å². The van der Waals surface area contributed by atoms with E-state index in [0.29, 0.717) is 6.42 Å². The van der Waals surface area contributed by atoms with Gasteiger partial charge in [-0.2, -0.15) is 0 Å². The average molecular weight is 623 g/mol. The first-order valence-electron chi connectivity index (χ1n) is 16.9. The second kappa shape index (κ2) is 12.3. The zero-order valence-electron chi connectivity index (χ0n) is 28.4. The van der Waals surface area contributed by atoms with Crippen LogP contribution in [0.4, 0.5) is 0 Å². The zero-order valence-corrected chi connectivity index (χ0v) is 28.4. The SMILES string of the molecule is COC(CC(C)(C)[C@@H]1CC[C@]2(C)[C@@H](C1)C(=O)C=C1[C@@H]3C[C@@](C)(C(=O)OCc4ccccc4)CC[C@]3(C)CC[C@]12C)OCC(=O)O. The third-order valence-electron chi connectivity index (χ3n) is 13.3. The van der Waals surface area contributed by atoms with Crippen molar-refractivity contribution in [2.45, 2.75) is 112 Å². The van der Waals surface area contributed by atoms with Crippen LogP contribution in [0.1, 0.15) is 105 Å². The van der Waals surface area contributed by atoms with Gasteiger partial charge in [-0.15, -0.1) is 0 Å². The van der Waals surface area contributed by atoms with Gasteiger partial charge in [-0.05, 0) is 103 Å². The number of benzene rings is 1. The molecule has 0 saturated heterocycles. The topological polar surface area (TPSA) is 99.1 Å². The predicted molar refractivity (Wildman–Crippen MR) is 172 cm³/mol. The molecule has 4 aliphatic rings. The number of hydrogen-bond acceptors (Lipinski definition) is 6. The second-order valence-electron chi connectivity index (χ2n) is 16.4.